The molecule has 0 spiro atoms. The first kappa shape index (κ1) is 19.2. The molecular weight excluding hydrogens is 366 g/mol. The first-order valence-corrected chi connectivity index (χ1v) is 9.86. The summed E-state index contributed by atoms with van der Waals surface area (Å²) in [5.74, 6) is 0.811. The maximum atomic E-state index is 12.8. The lowest BCUT2D eigenvalue weighted by molar-refractivity contribution is 0.0881. The van der Waals surface area contributed by atoms with Crippen LogP contribution in [0.25, 0.3) is 11.4 Å². The Kier molecular flexibility index (Phi) is 4.90. The Morgan fingerprint density at radius 1 is 1.31 bits per heavy atom. The van der Waals surface area contributed by atoms with E-state index in [9.17, 15) is 4.79 Å². The van der Waals surface area contributed by atoms with Crippen molar-refractivity contribution in [1.29, 1.82) is 0 Å². The number of carbonyl (C=O) groups excluding carboxylic acids is 1. The molecule has 1 amide bonds. The molecule has 1 aliphatic carbocycles. The number of fused-ring (bicyclic) bond motifs is 1. The van der Waals surface area contributed by atoms with Crippen molar-refractivity contribution in [3.05, 3.63) is 59.5 Å². The summed E-state index contributed by atoms with van der Waals surface area (Å²) in [5.41, 5.74) is 3.55. The minimum Gasteiger partial charge on any atom is -0.351 e. The second kappa shape index (κ2) is 7.39. The van der Waals surface area contributed by atoms with Gasteiger partial charge in [-0.25, -0.2) is 9.97 Å². The average Bonchev–Trinajstić information content (AvgIpc) is 3.18. The van der Waals surface area contributed by atoms with E-state index in [1.165, 1.54) is 0 Å². The van der Waals surface area contributed by atoms with Crippen LogP contribution in [0.15, 0.2) is 41.3 Å². The number of carbonyl (C=O) groups is 1. The summed E-state index contributed by atoms with van der Waals surface area (Å²) in [5, 5.41) is 7.07. The van der Waals surface area contributed by atoms with Crippen molar-refractivity contribution in [3.8, 4) is 11.4 Å². The van der Waals surface area contributed by atoms with Gasteiger partial charge < -0.3 is 9.84 Å². The summed E-state index contributed by atoms with van der Waals surface area (Å²) in [6.07, 6.45) is 6.93. The Labute approximate surface area is 170 Å². The van der Waals surface area contributed by atoms with Crippen LogP contribution in [0.2, 0.25) is 0 Å². The molecule has 0 saturated heterocycles. The fourth-order valence-electron chi connectivity index (χ4n) is 3.71. The lowest BCUT2D eigenvalue weighted by Crippen LogP contribution is -2.37. The first-order chi connectivity index (χ1) is 13.8. The minimum absolute atomic E-state index is 0.00395. The second-order valence-electron chi connectivity index (χ2n) is 8.68. The molecule has 150 valence electrons. The van der Waals surface area contributed by atoms with Crippen LogP contribution < -0.4 is 5.32 Å². The largest absolute Gasteiger partial charge is 0.351 e. The molecule has 0 saturated carbocycles. The van der Waals surface area contributed by atoms with Crippen LogP contribution in [0.3, 0.4) is 0 Å². The van der Waals surface area contributed by atoms with E-state index in [0.29, 0.717) is 5.82 Å². The van der Waals surface area contributed by atoms with Gasteiger partial charge in [0.25, 0.3) is 5.91 Å². The number of aromatic nitrogens is 4. The summed E-state index contributed by atoms with van der Waals surface area (Å²) < 4.78 is 5.25. The normalized spacial score (nSPS) is 17.8. The SMILES string of the molecule is CC(C)c1cc(C(=O)NC2CC(C)(C)Cc3nc(-c4cccnc4)ncc32)on1. The Morgan fingerprint density at radius 3 is 2.83 bits per heavy atom. The van der Waals surface area contributed by atoms with Crippen molar-refractivity contribution in [2.75, 3.05) is 0 Å². The number of nitrogens with one attached hydrogen (secondary N) is 1. The van der Waals surface area contributed by atoms with Crippen LogP contribution in [-0.4, -0.2) is 26.0 Å². The summed E-state index contributed by atoms with van der Waals surface area (Å²) in [7, 11) is 0. The van der Waals surface area contributed by atoms with Crippen LogP contribution in [0.5, 0.6) is 0 Å². The minimum atomic E-state index is -0.269. The Hall–Kier alpha value is -3.09. The molecule has 7 heteroatoms. The molecule has 0 radical (unpaired) electrons. The van der Waals surface area contributed by atoms with Crippen molar-refractivity contribution < 1.29 is 9.32 Å². The second-order valence-corrected chi connectivity index (χ2v) is 8.68. The number of hydrogen-bond acceptors (Lipinski definition) is 6. The smallest absolute Gasteiger partial charge is 0.290 e. The highest BCUT2D eigenvalue weighted by molar-refractivity contribution is 5.91. The first-order valence-electron chi connectivity index (χ1n) is 9.86. The van der Waals surface area contributed by atoms with Gasteiger partial charge in [-0.1, -0.05) is 32.9 Å². The molecule has 4 rings (SSSR count). The van der Waals surface area contributed by atoms with Crippen molar-refractivity contribution in [2.24, 2.45) is 5.41 Å². The number of nitrogens with zero attached hydrogens (tertiary/aromatic N) is 4. The zero-order valence-electron chi connectivity index (χ0n) is 17.1. The molecule has 29 heavy (non-hydrogen) atoms. The number of pyridine rings is 1. The van der Waals surface area contributed by atoms with E-state index in [4.69, 9.17) is 9.51 Å². The van der Waals surface area contributed by atoms with E-state index in [0.717, 1.165) is 35.4 Å². The van der Waals surface area contributed by atoms with E-state index >= 15 is 0 Å². The van der Waals surface area contributed by atoms with Crippen molar-refractivity contribution in [3.63, 3.8) is 0 Å². The van der Waals surface area contributed by atoms with Gasteiger partial charge in [0.2, 0.25) is 5.76 Å². The van der Waals surface area contributed by atoms with Gasteiger partial charge in [-0.05, 0) is 36.3 Å². The third kappa shape index (κ3) is 4.04. The van der Waals surface area contributed by atoms with Gasteiger partial charge in [-0.15, -0.1) is 0 Å². The highest BCUT2D eigenvalue weighted by Crippen LogP contribution is 2.40. The molecule has 3 aromatic rings. The number of hydrogen-bond donors (Lipinski definition) is 1. The number of rotatable bonds is 4. The summed E-state index contributed by atoms with van der Waals surface area (Å²) in [6, 6.07) is 5.33. The monoisotopic (exact) mass is 391 g/mol. The van der Waals surface area contributed by atoms with Gasteiger partial charge >= 0.3 is 0 Å². The molecule has 0 fully saturated rings. The highest BCUT2D eigenvalue weighted by atomic mass is 16.5. The zero-order chi connectivity index (χ0) is 20.6. The fourth-order valence-corrected chi connectivity index (χ4v) is 3.71. The van der Waals surface area contributed by atoms with Crippen LogP contribution in [0.1, 0.15) is 73.6 Å². The van der Waals surface area contributed by atoms with Crippen molar-refractivity contribution in [2.45, 2.75) is 52.5 Å². The van der Waals surface area contributed by atoms with E-state index in [1.54, 1.807) is 18.5 Å². The summed E-state index contributed by atoms with van der Waals surface area (Å²) >= 11 is 0. The Balaban J connectivity index is 1.62. The topological polar surface area (TPSA) is 93.8 Å². The lowest BCUT2D eigenvalue weighted by atomic mass is 9.74. The third-order valence-electron chi connectivity index (χ3n) is 5.25. The molecule has 1 atom stereocenters. The van der Waals surface area contributed by atoms with E-state index < -0.39 is 0 Å². The van der Waals surface area contributed by atoms with Gasteiger partial charge in [-0.3, -0.25) is 9.78 Å². The molecular formula is C22H25N5O2. The Bertz CT molecular complexity index is 1030. The van der Waals surface area contributed by atoms with Gasteiger partial charge in [0, 0.05) is 35.8 Å². The van der Waals surface area contributed by atoms with Crippen molar-refractivity contribution >= 4 is 5.91 Å². The third-order valence-corrected chi connectivity index (χ3v) is 5.25. The molecule has 1 unspecified atom stereocenters. The molecule has 1 aliphatic rings. The van der Waals surface area contributed by atoms with Gasteiger partial charge in [0.05, 0.1) is 17.4 Å². The summed E-state index contributed by atoms with van der Waals surface area (Å²) in [6.45, 7) is 8.39. The lowest BCUT2D eigenvalue weighted by Gasteiger charge is -2.36. The maximum absolute atomic E-state index is 12.8. The van der Waals surface area contributed by atoms with Crippen LogP contribution in [-0.2, 0) is 6.42 Å². The highest BCUT2D eigenvalue weighted by Gasteiger charge is 2.35. The fraction of sp³-hybridized carbons (Fsp3) is 0.409. The molecule has 7 nitrogen and oxygen atoms in total. The van der Waals surface area contributed by atoms with Crippen LogP contribution >= 0.6 is 0 Å². The van der Waals surface area contributed by atoms with Gasteiger partial charge in [-0.2, -0.15) is 0 Å². The predicted octanol–water partition coefficient (Wildman–Crippen LogP) is 4.09. The van der Waals surface area contributed by atoms with Crippen LogP contribution in [0, 0.1) is 5.41 Å². The quantitative estimate of drug-likeness (QED) is 0.720. The zero-order valence-corrected chi connectivity index (χ0v) is 17.1. The van der Waals surface area contributed by atoms with Crippen LogP contribution in [0.4, 0.5) is 0 Å². The van der Waals surface area contributed by atoms with E-state index in [-0.39, 0.29) is 29.0 Å². The molecule has 0 bridgehead atoms. The molecule has 1 N–H and O–H groups in total. The Morgan fingerprint density at radius 2 is 2.14 bits per heavy atom. The van der Waals surface area contributed by atoms with Crippen molar-refractivity contribution in [1.82, 2.24) is 25.4 Å². The molecule has 3 aromatic heterocycles. The van der Waals surface area contributed by atoms with Gasteiger partial charge in [0.15, 0.2) is 5.82 Å². The average molecular weight is 391 g/mol. The standard InChI is InChI=1S/C22H25N5O2/c1-13(2)16-8-19(29-27-16)21(28)26-18-10-22(3,4)9-17-15(18)12-24-20(25-17)14-6-5-7-23-11-14/h5-8,11-13,18H,9-10H2,1-4H3,(H,26,28). The molecule has 0 aromatic carbocycles. The maximum Gasteiger partial charge on any atom is 0.290 e. The summed E-state index contributed by atoms with van der Waals surface area (Å²) in [4.78, 5) is 26.2. The van der Waals surface area contributed by atoms with E-state index in [2.05, 4.69) is 34.3 Å². The van der Waals surface area contributed by atoms with E-state index in [1.807, 2.05) is 32.2 Å². The molecule has 3 heterocycles. The number of amides is 1. The molecule has 0 aliphatic heterocycles. The van der Waals surface area contributed by atoms with Gasteiger partial charge in [0.1, 0.15) is 0 Å². The predicted molar refractivity (Wildman–Crippen MR) is 108 cm³/mol.